The fraction of sp³-hybridized carbons (Fsp3) is 1.00. The molecule has 0 saturated carbocycles. The molecule has 0 fully saturated rings. The summed E-state index contributed by atoms with van der Waals surface area (Å²) in [4.78, 5) is 0. The van der Waals surface area contributed by atoms with Crippen molar-refractivity contribution in [3.63, 3.8) is 0 Å². The molecule has 80 valence electrons. The number of sulfone groups is 1. The SMILES string of the molecule is CS(=O)(=O)CCS(=O)(=O)NCCCl. The number of halogens is 1. The van der Waals surface area contributed by atoms with E-state index in [2.05, 4.69) is 4.72 Å². The zero-order valence-corrected chi connectivity index (χ0v) is 9.54. The third-order valence-electron chi connectivity index (χ3n) is 1.14. The van der Waals surface area contributed by atoms with E-state index in [1.807, 2.05) is 0 Å². The Morgan fingerprint density at radius 1 is 1.15 bits per heavy atom. The van der Waals surface area contributed by atoms with Gasteiger partial charge >= 0.3 is 0 Å². The Kier molecular flexibility index (Phi) is 5.19. The van der Waals surface area contributed by atoms with Gasteiger partial charge in [0.05, 0.1) is 11.5 Å². The van der Waals surface area contributed by atoms with E-state index in [0.29, 0.717) is 0 Å². The van der Waals surface area contributed by atoms with Gasteiger partial charge in [-0.3, -0.25) is 0 Å². The standard InChI is InChI=1S/C5H12ClNO4S2/c1-12(8,9)4-5-13(10,11)7-3-2-6/h7H,2-5H2,1H3. The van der Waals surface area contributed by atoms with Gasteiger partial charge in [-0.25, -0.2) is 21.6 Å². The molecule has 0 aliphatic rings. The summed E-state index contributed by atoms with van der Waals surface area (Å²) in [5, 5.41) is 0. The van der Waals surface area contributed by atoms with Gasteiger partial charge in [0.25, 0.3) is 0 Å². The van der Waals surface area contributed by atoms with E-state index in [1.54, 1.807) is 0 Å². The number of alkyl halides is 1. The summed E-state index contributed by atoms with van der Waals surface area (Å²) in [6, 6.07) is 0. The molecular formula is C5H12ClNO4S2. The molecule has 0 rings (SSSR count). The van der Waals surface area contributed by atoms with E-state index in [9.17, 15) is 16.8 Å². The number of hydrogen-bond donors (Lipinski definition) is 1. The summed E-state index contributed by atoms with van der Waals surface area (Å²) < 4.78 is 45.4. The highest BCUT2D eigenvalue weighted by Crippen LogP contribution is 1.89. The van der Waals surface area contributed by atoms with Crippen LogP contribution in [0.1, 0.15) is 0 Å². The first kappa shape index (κ1) is 13.2. The third kappa shape index (κ3) is 8.48. The van der Waals surface area contributed by atoms with Crippen molar-refractivity contribution in [1.29, 1.82) is 0 Å². The molecule has 0 aromatic rings. The third-order valence-corrected chi connectivity index (χ3v) is 3.92. The van der Waals surface area contributed by atoms with Crippen LogP contribution in [-0.4, -0.2) is 47.0 Å². The Bertz CT molecular complexity index is 334. The number of hydrogen-bond acceptors (Lipinski definition) is 4. The molecule has 5 nitrogen and oxygen atoms in total. The molecule has 0 atom stereocenters. The van der Waals surface area contributed by atoms with Crippen LogP contribution >= 0.6 is 11.6 Å². The molecule has 1 N–H and O–H groups in total. The van der Waals surface area contributed by atoms with Crippen molar-refractivity contribution in [3.8, 4) is 0 Å². The smallest absolute Gasteiger partial charge is 0.212 e. The van der Waals surface area contributed by atoms with E-state index < -0.39 is 25.6 Å². The lowest BCUT2D eigenvalue weighted by atomic mass is 10.8. The van der Waals surface area contributed by atoms with Crippen molar-refractivity contribution >= 4 is 31.5 Å². The van der Waals surface area contributed by atoms with E-state index in [-0.39, 0.29) is 18.2 Å². The molecule has 0 spiro atoms. The van der Waals surface area contributed by atoms with Gasteiger partial charge in [0.1, 0.15) is 9.84 Å². The predicted octanol–water partition coefficient (Wildman–Crippen LogP) is -0.811. The zero-order chi connectivity index (χ0) is 10.5. The minimum atomic E-state index is -3.49. The summed E-state index contributed by atoms with van der Waals surface area (Å²) >= 11 is 5.25. The second-order valence-corrected chi connectivity index (χ2v) is 7.10. The van der Waals surface area contributed by atoms with Crippen molar-refractivity contribution in [3.05, 3.63) is 0 Å². The van der Waals surface area contributed by atoms with Crippen LogP contribution in [0.2, 0.25) is 0 Å². The molecule has 0 saturated heterocycles. The van der Waals surface area contributed by atoms with Gasteiger partial charge in [-0.1, -0.05) is 0 Å². The van der Waals surface area contributed by atoms with Crippen LogP contribution in [0.5, 0.6) is 0 Å². The molecule has 13 heavy (non-hydrogen) atoms. The maximum Gasteiger partial charge on any atom is 0.212 e. The van der Waals surface area contributed by atoms with Gasteiger partial charge in [-0.15, -0.1) is 11.6 Å². The van der Waals surface area contributed by atoms with Gasteiger partial charge in [0.2, 0.25) is 10.0 Å². The molecule has 0 unspecified atom stereocenters. The van der Waals surface area contributed by atoms with Crippen LogP contribution in [0.3, 0.4) is 0 Å². The van der Waals surface area contributed by atoms with Gasteiger partial charge in [0, 0.05) is 18.7 Å². The van der Waals surface area contributed by atoms with Crippen molar-refractivity contribution in [2.75, 3.05) is 30.2 Å². The minimum absolute atomic E-state index is 0.119. The number of nitrogens with one attached hydrogen (secondary N) is 1. The lowest BCUT2D eigenvalue weighted by Gasteiger charge is -2.03. The van der Waals surface area contributed by atoms with Crippen LogP contribution in [0.4, 0.5) is 0 Å². The zero-order valence-electron chi connectivity index (χ0n) is 7.16. The first-order valence-corrected chi connectivity index (χ1v) is 7.72. The van der Waals surface area contributed by atoms with Gasteiger partial charge in [0.15, 0.2) is 0 Å². The van der Waals surface area contributed by atoms with Gasteiger partial charge in [-0.2, -0.15) is 0 Å². The quantitative estimate of drug-likeness (QED) is 0.625. The van der Waals surface area contributed by atoms with Crippen LogP contribution in [0, 0.1) is 0 Å². The van der Waals surface area contributed by atoms with Crippen molar-refractivity contribution in [1.82, 2.24) is 4.72 Å². The highest BCUT2D eigenvalue weighted by atomic mass is 35.5. The molecule has 0 aromatic heterocycles. The fourth-order valence-corrected chi connectivity index (χ4v) is 3.38. The van der Waals surface area contributed by atoms with Crippen LogP contribution < -0.4 is 4.72 Å². The van der Waals surface area contributed by atoms with Crippen molar-refractivity contribution in [2.45, 2.75) is 0 Å². The minimum Gasteiger partial charge on any atom is -0.229 e. The Morgan fingerprint density at radius 3 is 2.08 bits per heavy atom. The maximum atomic E-state index is 11.0. The van der Waals surface area contributed by atoms with Crippen LogP contribution in [0.15, 0.2) is 0 Å². The first-order valence-electron chi connectivity index (χ1n) is 3.48. The molecular weight excluding hydrogens is 238 g/mol. The molecule has 8 heteroatoms. The van der Waals surface area contributed by atoms with Crippen molar-refractivity contribution in [2.24, 2.45) is 0 Å². The van der Waals surface area contributed by atoms with E-state index in [4.69, 9.17) is 11.6 Å². The Morgan fingerprint density at radius 2 is 1.69 bits per heavy atom. The highest BCUT2D eigenvalue weighted by Gasteiger charge is 2.13. The van der Waals surface area contributed by atoms with E-state index >= 15 is 0 Å². The highest BCUT2D eigenvalue weighted by molar-refractivity contribution is 7.93. The topological polar surface area (TPSA) is 80.3 Å². The average molecular weight is 250 g/mol. The summed E-state index contributed by atoms with van der Waals surface area (Å²) in [6.07, 6.45) is 0.990. The molecule has 0 heterocycles. The summed E-state index contributed by atoms with van der Waals surface area (Å²) in [5.74, 6) is -0.620. The number of rotatable bonds is 6. The summed E-state index contributed by atoms with van der Waals surface area (Å²) in [5.41, 5.74) is 0. The van der Waals surface area contributed by atoms with Crippen LogP contribution in [0.25, 0.3) is 0 Å². The molecule has 0 radical (unpaired) electrons. The molecule has 0 aliphatic carbocycles. The van der Waals surface area contributed by atoms with Gasteiger partial charge < -0.3 is 0 Å². The second kappa shape index (κ2) is 5.14. The second-order valence-electron chi connectivity index (χ2n) is 2.53. The van der Waals surface area contributed by atoms with E-state index in [1.165, 1.54) is 0 Å². The predicted molar refractivity (Wildman–Crippen MR) is 52.2 cm³/mol. The lowest BCUT2D eigenvalue weighted by molar-refractivity contribution is 0.581. The normalized spacial score (nSPS) is 13.1. The van der Waals surface area contributed by atoms with Crippen LogP contribution in [-0.2, 0) is 19.9 Å². The first-order chi connectivity index (χ1) is 5.77. The lowest BCUT2D eigenvalue weighted by Crippen LogP contribution is -2.30. The monoisotopic (exact) mass is 249 g/mol. The summed E-state index contributed by atoms with van der Waals surface area (Å²) in [7, 11) is -6.73. The molecule has 0 amide bonds. The molecule has 0 bridgehead atoms. The number of sulfonamides is 1. The average Bonchev–Trinajstić information content (AvgIpc) is 1.97. The van der Waals surface area contributed by atoms with Gasteiger partial charge in [-0.05, 0) is 0 Å². The van der Waals surface area contributed by atoms with E-state index in [0.717, 1.165) is 6.26 Å². The maximum absolute atomic E-state index is 11.0. The Labute approximate surface area is 83.4 Å². The Balaban J connectivity index is 4.05. The fourth-order valence-electron chi connectivity index (χ4n) is 0.527. The largest absolute Gasteiger partial charge is 0.229 e. The van der Waals surface area contributed by atoms with Crippen molar-refractivity contribution < 1.29 is 16.8 Å². The summed E-state index contributed by atoms with van der Waals surface area (Å²) in [6.45, 7) is 0.119. The molecule has 0 aliphatic heterocycles. The Hall–Kier alpha value is 0.150. The molecule has 0 aromatic carbocycles.